The smallest absolute Gasteiger partial charge is 0.305 e. The fourth-order valence-corrected chi connectivity index (χ4v) is 1.95. The molecule has 0 spiro atoms. The van der Waals surface area contributed by atoms with Crippen molar-refractivity contribution in [2.24, 2.45) is 5.92 Å². The minimum atomic E-state index is -0.889. The maximum Gasteiger partial charge on any atom is 0.305 e. The normalized spacial score (nSPS) is 16.0. The van der Waals surface area contributed by atoms with Crippen molar-refractivity contribution in [3.8, 4) is 0 Å². The first-order valence-corrected chi connectivity index (χ1v) is 5.94. The minimum absolute atomic E-state index is 0.0290. The molecule has 0 aromatic heterocycles. The number of hydrogen-bond donors (Lipinski definition) is 3. The highest BCUT2D eigenvalue weighted by Gasteiger charge is 2.33. The third-order valence-electron chi connectivity index (χ3n) is 3.05. The minimum Gasteiger partial charge on any atom is -0.481 e. The van der Waals surface area contributed by atoms with E-state index in [1.165, 1.54) is 0 Å². The van der Waals surface area contributed by atoms with Crippen LogP contribution in [-0.2, 0) is 4.79 Å². The number of amides is 1. The van der Waals surface area contributed by atoms with E-state index in [0.29, 0.717) is 17.2 Å². The molecule has 2 rings (SSSR count). The predicted molar refractivity (Wildman–Crippen MR) is 67.1 cm³/mol. The van der Waals surface area contributed by atoms with Gasteiger partial charge in [-0.2, -0.15) is 0 Å². The third-order valence-corrected chi connectivity index (χ3v) is 3.05. The van der Waals surface area contributed by atoms with Gasteiger partial charge in [0.1, 0.15) is 0 Å². The van der Waals surface area contributed by atoms with Gasteiger partial charge in [0.15, 0.2) is 0 Å². The first-order chi connectivity index (χ1) is 8.56. The SMILES string of the molecule is Nc1cccc(C(=O)NC(CC(=O)O)C2CC2)c1. The molecule has 1 saturated carbocycles. The zero-order valence-electron chi connectivity index (χ0n) is 9.93. The maximum atomic E-state index is 12.0. The molecule has 5 nitrogen and oxygen atoms in total. The molecule has 4 N–H and O–H groups in total. The number of anilines is 1. The molecule has 0 bridgehead atoms. The number of carboxylic acids is 1. The Morgan fingerprint density at radius 2 is 2.17 bits per heavy atom. The fourth-order valence-electron chi connectivity index (χ4n) is 1.95. The Kier molecular flexibility index (Phi) is 3.50. The second-order valence-corrected chi connectivity index (χ2v) is 4.64. The largest absolute Gasteiger partial charge is 0.481 e. The number of nitrogens with one attached hydrogen (secondary N) is 1. The third kappa shape index (κ3) is 3.23. The number of carboxylic acid groups (broad SMARTS) is 1. The van der Waals surface area contributed by atoms with Crippen molar-refractivity contribution in [2.45, 2.75) is 25.3 Å². The van der Waals surface area contributed by atoms with Crippen LogP contribution < -0.4 is 11.1 Å². The number of benzene rings is 1. The van der Waals surface area contributed by atoms with E-state index >= 15 is 0 Å². The summed E-state index contributed by atoms with van der Waals surface area (Å²) < 4.78 is 0. The standard InChI is InChI=1S/C13H16N2O3/c14-10-3-1-2-9(6-10)13(18)15-11(7-12(16)17)8-4-5-8/h1-3,6,8,11H,4-5,7,14H2,(H,15,18)(H,16,17). The Balaban J connectivity index is 2.02. The number of nitrogen functional groups attached to an aromatic ring is 1. The van der Waals surface area contributed by atoms with Crippen LogP contribution >= 0.6 is 0 Å². The number of nitrogens with two attached hydrogens (primary N) is 1. The quantitative estimate of drug-likeness (QED) is 0.684. The summed E-state index contributed by atoms with van der Waals surface area (Å²) in [5.41, 5.74) is 6.59. The average molecular weight is 248 g/mol. The second-order valence-electron chi connectivity index (χ2n) is 4.64. The second kappa shape index (κ2) is 5.08. The Labute approximate surface area is 105 Å². The van der Waals surface area contributed by atoms with E-state index in [1.807, 2.05) is 0 Å². The van der Waals surface area contributed by atoms with Gasteiger partial charge in [0.25, 0.3) is 5.91 Å². The summed E-state index contributed by atoms with van der Waals surface area (Å²) in [6, 6.07) is 6.37. The van der Waals surface area contributed by atoms with Crippen molar-refractivity contribution in [3.63, 3.8) is 0 Å². The van der Waals surface area contributed by atoms with Crippen LogP contribution in [0.25, 0.3) is 0 Å². The zero-order chi connectivity index (χ0) is 13.1. The molecular formula is C13H16N2O3. The Morgan fingerprint density at radius 1 is 1.44 bits per heavy atom. The van der Waals surface area contributed by atoms with E-state index in [0.717, 1.165) is 12.8 Å². The summed E-state index contributed by atoms with van der Waals surface area (Å²) in [4.78, 5) is 22.7. The van der Waals surface area contributed by atoms with Crippen molar-refractivity contribution in [1.29, 1.82) is 0 Å². The summed E-state index contributed by atoms with van der Waals surface area (Å²) in [5, 5.41) is 11.6. The van der Waals surface area contributed by atoms with Crippen LogP contribution in [0, 0.1) is 5.92 Å². The van der Waals surface area contributed by atoms with E-state index in [4.69, 9.17) is 10.8 Å². The van der Waals surface area contributed by atoms with E-state index < -0.39 is 5.97 Å². The molecule has 1 atom stereocenters. The first-order valence-electron chi connectivity index (χ1n) is 5.94. The molecule has 1 aliphatic carbocycles. The monoisotopic (exact) mass is 248 g/mol. The lowest BCUT2D eigenvalue weighted by Gasteiger charge is -2.16. The summed E-state index contributed by atoms with van der Waals surface area (Å²) in [5.74, 6) is -0.855. The van der Waals surface area contributed by atoms with Gasteiger partial charge in [-0.1, -0.05) is 6.07 Å². The van der Waals surface area contributed by atoms with E-state index in [1.54, 1.807) is 24.3 Å². The molecule has 0 radical (unpaired) electrons. The highest BCUT2D eigenvalue weighted by Crippen LogP contribution is 2.34. The molecule has 5 heteroatoms. The molecule has 1 aromatic carbocycles. The molecule has 1 fully saturated rings. The van der Waals surface area contributed by atoms with Crippen molar-refractivity contribution in [1.82, 2.24) is 5.32 Å². The molecule has 1 aromatic rings. The van der Waals surface area contributed by atoms with E-state index in [9.17, 15) is 9.59 Å². The molecule has 0 aliphatic heterocycles. The molecule has 18 heavy (non-hydrogen) atoms. The van der Waals surface area contributed by atoms with Crippen LogP contribution in [0.1, 0.15) is 29.6 Å². The summed E-state index contributed by atoms with van der Waals surface area (Å²) in [7, 11) is 0. The average Bonchev–Trinajstić information content (AvgIpc) is 3.11. The van der Waals surface area contributed by atoms with Gasteiger partial charge in [-0.25, -0.2) is 0 Å². The lowest BCUT2D eigenvalue weighted by Crippen LogP contribution is -2.38. The molecular weight excluding hydrogens is 232 g/mol. The van der Waals surface area contributed by atoms with Gasteiger partial charge in [-0.15, -0.1) is 0 Å². The van der Waals surface area contributed by atoms with Gasteiger partial charge in [0.05, 0.1) is 6.42 Å². The number of rotatable bonds is 5. The summed E-state index contributed by atoms with van der Waals surface area (Å²) in [6.07, 6.45) is 1.93. The molecule has 0 saturated heterocycles. The maximum absolute atomic E-state index is 12.0. The van der Waals surface area contributed by atoms with Crippen LogP contribution in [0.15, 0.2) is 24.3 Å². The van der Waals surface area contributed by atoms with Crippen LogP contribution in [-0.4, -0.2) is 23.0 Å². The lowest BCUT2D eigenvalue weighted by atomic mass is 10.1. The first kappa shape index (κ1) is 12.4. The Hall–Kier alpha value is -2.04. The molecule has 0 heterocycles. The molecule has 1 unspecified atom stereocenters. The predicted octanol–water partition coefficient (Wildman–Crippen LogP) is 1.25. The van der Waals surface area contributed by atoms with Crippen LogP contribution in [0.4, 0.5) is 5.69 Å². The van der Waals surface area contributed by atoms with Crippen molar-refractivity contribution in [3.05, 3.63) is 29.8 Å². The molecule has 1 amide bonds. The van der Waals surface area contributed by atoms with Crippen molar-refractivity contribution in [2.75, 3.05) is 5.73 Å². The fraction of sp³-hybridized carbons (Fsp3) is 0.385. The number of hydrogen-bond acceptors (Lipinski definition) is 3. The van der Waals surface area contributed by atoms with Gasteiger partial charge >= 0.3 is 5.97 Å². The van der Waals surface area contributed by atoms with Gasteiger partial charge in [0, 0.05) is 17.3 Å². The Bertz CT molecular complexity index is 469. The number of aliphatic carboxylic acids is 1. The number of carbonyl (C=O) groups is 2. The van der Waals surface area contributed by atoms with Crippen molar-refractivity contribution < 1.29 is 14.7 Å². The van der Waals surface area contributed by atoms with Crippen LogP contribution in [0.2, 0.25) is 0 Å². The van der Waals surface area contributed by atoms with Gasteiger partial charge < -0.3 is 16.2 Å². The van der Waals surface area contributed by atoms with Crippen LogP contribution in [0.3, 0.4) is 0 Å². The number of carbonyl (C=O) groups excluding carboxylic acids is 1. The van der Waals surface area contributed by atoms with E-state index in [2.05, 4.69) is 5.32 Å². The molecule has 96 valence electrons. The highest BCUT2D eigenvalue weighted by molar-refractivity contribution is 5.95. The topological polar surface area (TPSA) is 92.4 Å². The van der Waals surface area contributed by atoms with Crippen molar-refractivity contribution >= 4 is 17.6 Å². The van der Waals surface area contributed by atoms with Gasteiger partial charge in [-0.3, -0.25) is 9.59 Å². The zero-order valence-corrected chi connectivity index (χ0v) is 9.93. The summed E-state index contributed by atoms with van der Waals surface area (Å²) >= 11 is 0. The van der Waals surface area contributed by atoms with Gasteiger partial charge in [-0.05, 0) is 37.0 Å². The Morgan fingerprint density at radius 3 is 2.72 bits per heavy atom. The van der Waals surface area contributed by atoms with E-state index in [-0.39, 0.29) is 18.4 Å². The summed E-state index contributed by atoms with van der Waals surface area (Å²) in [6.45, 7) is 0. The lowest BCUT2D eigenvalue weighted by molar-refractivity contribution is -0.137. The van der Waals surface area contributed by atoms with Crippen LogP contribution in [0.5, 0.6) is 0 Å². The highest BCUT2D eigenvalue weighted by atomic mass is 16.4. The molecule has 1 aliphatic rings. The van der Waals surface area contributed by atoms with Gasteiger partial charge in [0.2, 0.25) is 0 Å².